The fourth-order valence-electron chi connectivity index (χ4n) is 2.08. The summed E-state index contributed by atoms with van der Waals surface area (Å²) in [5.41, 5.74) is 5.04. The Labute approximate surface area is 59.8 Å². The monoisotopic (exact) mass is 143 g/mol. The zero-order chi connectivity index (χ0) is 7.35. The van der Waals surface area contributed by atoms with Crippen molar-refractivity contribution >= 4 is 0 Å². The molecule has 0 aromatic heterocycles. The highest BCUT2D eigenvalue weighted by Gasteiger charge is 2.53. The maximum absolute atomic E-state index is 8.82. The zero-order valence-corrected chi connectivity index (χ0v) is 5.83. The van der Waals surface area contributed by atoms with Gasteiger partial charge in [-0.2, -0.15) is 0 Å². The first-order valence-corrected chi connectivity index (χ1v) is 3.80. The normalized spacial score (nSPS) is 44.1. The minimum atomic E-state index is -1.91. The van der Waals surface area contributed by atoms with E-state index in [-0.39, 0.29) is 0 Å². The largest absolute Gasteiger partial charge is 0.354 e. The van der Waals surface area contributed by atoms with Crippen molar-refractivity contribution in [2.24, 2.45) is 23.5 Å². The number of rotatable bonds is 2. The fraction of sp³-hybridized carbons (Fsp3) is 1.00. The molecular formula is C7H13NO2. The Morgan fingerprint density at radius 3 is 1.90 bits per heavy atom. The van der Waals surface area contributed by atoms with Gasteiger partial charge in [-0.05, 0) is 30.6 Å². The van der Waals surface area contributed by atoms with E-state index in [9.17, 15) is 0 Å². The summed E-state index contributed by atoms with van der Waals surface area (Å²) in [5, 5.41) is 17.6. The Kier molecular flexibility index (Phi) is 1.14. The second-order valence-corrected chi connectivity index (χ2v) is 3.74. The van der Waals surface area contributed by atoms with Crippen LogP contribution < -0.4 is 5.73 Å². The molecule has 3 heteroatoms. The zero-order valence-electron chi connectivity index (χ0n) is 5.83. The molecule has 0 unspecified atom stereocenters. The summed E-state index contributed by atoms with van der Waals surface area (Å²) in [4.78, 5) is 0. The van der Waals surface area contributed by atoms with E-state index in [2.05, 4.69) is 0 Å². The Hall–Kier alpha value is -0.120. The van der Waals surface area contributed by atoms with Crippen molar-refractivity contribution in [3.05, 3.63) is 0 Å². The molecule has 0 amide bonds. The molecule has 0 atom stereocenters. The predicted molar refractivity (Wildman–Crippen MR) is 35.7 cm³/mol. The van der Waals surface area contributed by atoms with Crippen LogP contribution in [0, 0.1) is 17.8 Å². The van der Waals surface area contributed by atoms with Gasteiger partial charge in [0.25, 0.3) is 0 Å². The van der Waals surface area contributed by atoms with Crippen LogP contribution in [-0.4, -0.2) is 16.1 Å². The molecule has 0 spiro atoms. The van der Waals surface area contributed by atoms with E-state index >= 15 is 0 Å². The van der Waals surface area contributed by atoms with Gasteiger partial charge in [0, 0.05) is 6.42 Å². The molecule has 2 bridgehead atoms. The highest BCUT2D eigenvalue weighted by molar-refractivity contribution is 5.02. The molecule has 0 saturated heterocycles. The van der Waals surface area contributed by atoms with Crippen LogP contribution in [-0.2, 0) is 0 Å². The Bertz CT molecular complexity index is 138. The average molecular weight is 143 g/mol. The fourth-order valence-corrected chi connectivity index (χ4v) is 2.08. The Morgan fingerprint density at radius 2 is 1.80 bits per heavy atom. The Morgan fingerprint density at radius 1 is 1.30 bits per heavy atom. The van der Waals surface area contributed by atoms with Gasteiger partial charge in [0.1, 0.15) is 0 Å². The molecule has 10 heavy (non-hydrogen) atoms. The molecule has 3 aliphatic carbocycles. The first-order valence-electron chi connectivity index (χ1n) is 3.80. The second-order valence-electron chi connectivity index (χ2n) is 3.74. The molecule has 0 radical (unpaired) electrons. The van der Waals surface area contributed by atoms with Gasteiger partial charge in [-0.1, -0.05) is 0 Å². The van der Waals surface area contributed by atoms with Crippen LogP contribution in [0.15, 0.2) is 0 Å². The van der Waals surface area contributed by atoms with Gasteiger partial charge in [0.15, 0.2) is 0 Å². The van der Waals surface area contributed by atoms with Crippen LogP contribution >= 0.6 is 0 Å². The average Bonchev–Trinajstić information content (AvgIpc) is 1.51. The molecule has 4 N–H and O–H groups in total. The molecule has 0 aliphatic heterocycles. The van der Waals surface area contributed by atoms with Crippen LogP contribution in [0.3, 0.4) is 0 Å². The lowest BCUT2D eigenvalue weighted by atomic mass is 9.47. The van der Waals surface area contributed by atoms with Gasteiger partial charge in [0.05, 0.1) is 0 Å². The first kappa shape index (κ1) is 6.58. The van der Waals surface area contributed by atoms with E-state index in [1.807, 2.05) is 0 Å². The third-order valence-corrected chi connectivity index (χ3v) is 2.96. The van der Waals surface area contributed by atoms with Gasteiger partial charge in [0.2, 0.25) is 5.91 Å². The third kappa shape index (κ3) is 0.856. The molecule has 58 valence electrons. The highest BCUT2D eigenvalue weighted by Crippen LogP contribution is 2.60. The number of hydrogen-bond donors (Lipinski definition) is 3. The van der Waals surface area contributed by atoms with Crippen LogP contribution in [0.1, 0.15) is 19.3 Å². The minimum absolute atomic E-state index is 0.363. The van der Waals surface area contributed by atoms with E-state index in [1.165, 1.54) is 12.8 Å². The SMILES string of the molecule is NC(O)(O)CC1C2CC1C2. The van der Waals surface area contributed by atoms with Crippen LogP contribution in [0.25, 0.3) is 0 Å². The van der Waals surface area contributed by atoms with Gasteiger partial charge in [-0.25, -0.2) is 0 Å². The maximum atomic E-state index is 8.82. The van der Waals surface area contributed by atoms with Gasteiger partial charge < -0.3 is 10.2 Å². The minimum Gasteiger partial charge on any atom is -0.354 e. The molecule has 0 heterocycles. The summed E-state index contributed by atoms with van der Waals surface area (Å²) in [6.45, 7) is 0. The third-order valence-electron chi connectivity index (χ3n) is 2.96. The van der Waals surface area contributed by atoms with Crippen molar-refractivity contribution in [1.82, 2.24) is 0 Å². The van der Waals surface area contributed by atoms with Gasteiger partial charge >= 0.3 is 0 Å². The Balaban J connectivity index is 1.82. The molecule has 3 aliphatic rings. The molecule has 0 aromatic rings. The number of nitrogens with two attached hydrogens (primary N) is 1. The van der Waals surface area contributed by atoms with Gasteiger partial charge in [-0.3, -0.25) is 5.73 Å². The van der Waals surface area contributed by atoms with E-state index in [4.69, 9.17) is 15.9 Å². The van der Waals surface area contributed by atoms with Crippen molar-refractivity contribution in [3.8, 4) is 0 Å². The van der Waals surface area contributed by atoms with E-state index < -0.39 is 5.91 Å². The molecule has 0 aromatic carbocycles. The van der Waals surface area contributed by atoms with Crippen LogP contribution in [0.2, 0.25) is 0 Å². The molecule has 3 fully saturated rings. The lowest BCUT2D eigenvalue weighted by Gasteiger charge is -2.59. The highest BCUT2D eigenvalue weighted by atomic mass is 16.5. The van der Waals surface area contributed by atoms with Crippen molar-refractivity contribution < 1.29 is 10.2 Å². The lowest BCUT2D eigenvalue weighted by Crippen LogP contribution is -2.55. The van der Waals surface area contributed by atoms with Crippen molar-refractivity contribution in [3.63, 3.8) is 0 Å². The molecule has 3 rings (SSSR count). The molecule has 3 saturated carbocycles. The van der Waals surface area contributed by atoms with E-state index in [0.29, 0.717) is 12.3 Å². The smallest absolute Gasteiger partial charge is 0.220 e. The van der Waals surface area contributed by atoms with Crippen molar-refractivity contribution in [2.45, 2.75) is 25.2 Å². The number of aliphatic hydroxyl groups is 2. The summed E-state index contributed by atoms with van der Waals surface area (Å²) in [6.07, 6.45) is 2.95. The van der Waals surface area contributed by atoms with Gasteiger partial charge in [-0.15, -0.1) is 0 Å². The predicted octanol–water partition coefficient (Wildman–Crippen LogP) is -0.370. The van der Waals surface area contributed by atoms with E-state index in [1.54, 1.807) is 0 Å². The second kappa shape index (κ2) is 1.72. The van der Waals surface area contributed by atoms with E-state index in [0.717, 1.165) is 11.8 Å². The van der Waals surface area contributed by atoms with Crippen LogP contribution in [0.4, 0.5) is 0 Å². The standard InChI is InChI=1S/C7H13NO2/c8-7(9,10)3-6-4-1-5(6)2-4/h4-6,9-10H,1-3,8H2. The summed E-state index contributed by atoms with van der Waals surface area (Å²) < 4.78 is 0. The molecule has 3 nitrogen and oxygen atoms in total. The van der Waals surface area contributed by atoms with Crippen LogP contribution in [0.5, 0.6) is 0 Å². The maximum Gasteiger partial charge on any atom is 0.220 e. The summed E-state index contributed by atoms with van der Waals surface area (Å²) >= 11 is 0. The summed E-state index contributed by atoms with van der Waals surface area (Å²) in [7, 11) is 0. The first-order chi connectivity index (χ1) is 4.56. The lowest BCUT2D eigenvalue weighted by molar-refractivity contribution is -0.210. The quantitative estimate of drug-likeness (QED) is 0.462. The molecular weight excluding hydrogens is 130 g/mol. The summed E-state index contributed by atoms with van der Waals surface area (Å²) in [5.74, 6) is 0.113. The number of hydrogen-bond acceptors (Lipinski definition) is 3. The topological polar surface area (TPSA) is 66.5 Å². The van der Waals surface area contributed by atoms with Crippen molar-refractivity contribution in [1.29, 1.82) is 0 Å². The van der Waals surface area contributed by atoms with Crippen molar-refractivity contribution in [2.75, 3.05) is 0 Å². The summed E-state index contributed by atoms with van der Waals surface area (Å²) in [6, 6.07) is 0.